The number of ether oxygens (including phenoxy) is 1. The Kier molecular flexibility index (Phi) is 6.60. The minimum absolute atomic E-state index is 0.0140. The Morgan fingerprint density at radius 3 is 2.46 bits per heavy atom. The fourth-order valence-electron chi connectivity index (χ4n) is 5.74. The lowest BCUT2D eigenvalue weighted by atomic mass is 9.81. The Labute approximate surface area is 226 Å². The van der Waals surface area contributed by atoms with E-state index in [2.05, 4.69) is 15.4 Å². The SMILES string of the molecule is Cc1cn2cc(NC(=O)c3ccc(C4CC(C)N(C(=O)OC(C)(C)C)C(C)C4)c4cn(C)nc34)cc(F)c2n1. The zero-order valence-corrected chi connectivity index (χ0v) is 23.4. The highest BCUT2D eigenvalue weighted by Crippen LogP contribution is 2.39. The number of halogens is 1. The van der Waals surface area contributed by atoms with Crippen LogP contribution in [0.4, 0.5) is 14.9 Å². The van der Waals surface area contributed by atoms with Gasteiger partial charge in [-0.3, -0.25) is 9.48 Å². The molecule has 1 fully saturated rings. The Morgan fingerprint density at radius 1 is 1.10 bits per heavy atom. The molecule has 4 aromatic rings. The summed E-state index contributed by atoms with van der Waals surface area (Å²) in [7, 11) is 1.83. The van der Waals surface area contributed by atoms with Crippen LogP contribution in [0.5, 0.6) is 0 Å². The minimum Gasteiger partial charge on any atom is -0.444 e. The number of aryl methyl sites for hydroxylation is 2. The summed E-state index contributed by atoms with van der Waals surface area (Å²) in [6.07, 6.45) is 6.51. The predicted octanol–water partition coefficient (Wildman–Crippen LogP) is 5.81. The normalized spacial score (nSPS) is 20.0. The molecule has 0 aliphatic carbocycles. The quantitative estimate of drug-likeness (QED) is 0.358. The lowest BCUT2D eigenvalue weighted by Gasteiger charge is -2.43. The number of carbonyl (C=O) groups is 2. The second kappa shape index (κ2) is 9.66. The van der Waals surface area contributed by atoms with Crippen LogP contribution in [0.1, 0.15) is 75.0 Å². The van der Waals surface area contributed by atoms with Gasteiger partial charge in [-0.1, -0.05) is 6.07 Å². The molecular formula is C29H35FN6O3. The maximum absolute atomic E-state index is 14.6. The summed E-state index contributed by atoms with van der Waals surface area (Å²) in [5.41, 5.74) is 2.76. The molecular weight excluding hydrogens is 499 g/mol. The number of hydrogen-bond acceptors (Lipinski definition) is 5. The summed E-state index contributed by atoms with van der Waals surface area (Å²) in [6.45, 7) is 11.5. The van der Waals surface area contributed by atoms with E-state index in [-0.39, 0.29) is 35.6 Å². The van der Waals surface area contributed by atoms with Crippen LogP contribution in [0.2, 0.25) is 0 Å². The largest absolute Gasteiger partial charge is 0.444 e. The van der Waals surface area contributed by atoms with Gasteiger partial charge in [0.15, 0.2) is 11.5 Å². The smallest absolute Gasteiger partial charge is 0.410 e. The predicted molar refractivity (Wildman–Crippen MR) is 148 cm³/mol. The van der Waals surface area contributed by atoms with Crippen molar-refractivity contribution in [2.24, 2.45) is 7.05 Å². The van der Waals surface area contributed by atoms with E-state index in [4.69, 9.17) is 4.74 Å². The number of nitrogens with one attached hydrogen (secondary N) is 1. The monoisotopic (exact) mass is 534 g/mol. The van der Waals surface area contributed by atoms with E-state index in [9.17, 15) is 14.0 Å². The van der Waals surface area contributed by atoms with E-state index in [0.29, 0.717) is 22.5 Å². The highest BCUT2D eigenvalue weighted by molar-refractivity contribution is 6.12. The molecule has 1 aliphatic heterocycles. The topological polar surface area (TPSA) is 93.8 Å². The number of hydrogen-bond donors (Lipinski definition) is 1. The van der Waals surface area contributed by atoms with Gasteiger partial charge in [0.2, 0.25) is 0 Å². The number of amides is 2. The Hall–Kier alpha value is -3.95. The van der Waals surface area contributed by atoms with Crippen molar-refractivity contribution < 1.29 is 18.7 Å². The molecule has 2 unspecified atom stereocenters. The van der Waals surface area contributed by atoms with Gasteiger partial charge in [-0.15, -0.1) is 0 Å². The van der Waals surface area contributed by atoms with Crippen molar-refractivity contribution >= 4 is 34.2 Å². The van der Waals surface area contributed by atoms with Crippen LogP contribution in [-0.4, -0.2) is 53.8 Å². The van der Waals surface area contributed by atoms with Gasteiger partial charge in [0, 0.05) is 49.2 Å². The number of nitrogens with zero attached hydrogens (tertiary/aromatic N) is 5. The Morgan fingerprint density at radius 2 is 1.79 bits per heavy atom. The first-order chi connectivity index (χ1) is 18.3. The highest BCUT2D eigenvalue weighted by atomic mass is 19.1. The van der Waals surface area contributed by atoms with Crippen molar-refractivity contribution in [1.29, 1.82) is 0 Å². The average molecular weight is 535 g/mol. The third-order valence-electron chi connectivity index (χ3n) is 7.20. The van der Waals surface area contributed by atoms with Gasteiger partial charge in [0.1, 0.15) is 11.1 Å². The average Bonchev–Trinajstić information content (AvgIpc) is 3.38. The van der Waals surface area contributed by atoms with Crippen LogP contribution in [0.25, 0.3) is 16.6 Å². The molecule has 2 amide bonds. The van der Waals surface area contributed by atoms with Crippen LogP contribution in [0.3, 0.4) is 0 Å². The number of rotatable bonds is 3. The van der Waals surface area contributed by atoms with Gasteiger partial charge in [-0.2, -0.15) is 5.10 Å². The van der Waals surface area contributed by atoms with Gasteiger partial charge >= 0.3 is 6.09 Å². The zero-order valence-electron chi connectivity index (χ0n) is 23.4. The Balaban J connectivity index is 1.41. The summed E-state index contributed by atoms with van der Waals surface area (Å²) >= 11 is 0. The molecule has 1 saturated heterocycles. The number of piperidine rings is 1. The molecule has 10 heteroatoms. The first-order valence-electron chi connectivity index (χ1n) is 13.2. The molecule has 0 bridgehead atoms. The molecule has 0 spiro atoms. The van der Waals surface area contributed by atoms with Crippen molar-refractivity contribution in [2.75, 3.05) is 5.32 Å². The van der Waals surface area contributed by atoms with E-state index >= 15 is 0 Å². The van der Waals surface area contributed by atoms with Crippen LogP contribution in [-0.2, 0) is 11.8 Å². The van der Waals surface area contributed by atoms with Gasteiger partial charge in [-0.05, 0) is 71.9 Å². The van der Waals surface area contributed by atoms with E-state index < -0.39 is 11.4 Å². The number of pyridine rings is 1. The molecule has 2 atom stereocenters. The van der Waals surface area contributed by atoms with Crippen molar-refractivity contribution in [3.05, 3.63) is 59.4 Å². The second-order valence-electron chi connectivity index (χ2n) is 11.7. The fraction of sp³-hybridized carbons (Fsp3) is 0.448. The van der Waals surface area contributed by atoms with Gasteiger partial charge in [0.25, 0.3) is 5.91 Å². The van der Waals surface area contributed by atoms with Crippen LogP contribution >= 0.6 is 0 Å². The Bertz CT molecular complexity index is 1570. The van der Waals surface area contributed by atoms with Gasteiger partial charge < -0.3 is 19.4 Å². The number of anilines is 1. The molecule has 4 heterocycles. The summed E-state index contributed by atoms with van der Waals surface area (Å²) < 4.78 is 23.5. The maximum Gasteiger partial charge on any atom is 0.410 e. The van der Waals surface area contributed by atoms with Crippen LogP contribution < -0.4 is 5.32 Å². The van der Waals surface area contributed by atoms with Crippen molar-refractivity contribution in [3.63, 3.8) is 0 Å². The molecule has 3 aromatic heterocycles. The van der Waals surface area contributed by atoms with Gasteiger partial charge in [0.05, 0.1) is 16.9 Å². The number of imidazole rings is 1. The summed E-state index contributed by atoms with van der Waals surface area (Å²) in [6, 6.07) is 5.01. The maximum atomic E-state index is 14.6. The molecule has 39 heavy (non-hydrogen) atoms. The van der Waals surface area contributed by atoms with Crippen molar-refractivity contribution in [3.8, 4) is 0 Å². The van der Waals surface area contributed by atoms with E-state index in [1.807, 2.05) is 58.8 Å². The first kappa shape index (κ1) is 26.6. The minimum atomic E-state index is -0.555. The van der Waals surface area contributed by atoms with E-state index in [1.54, 1.807) is 34.5 Å². The van der Waals surface area contributed by atoms with Crippen molar-refractivity contribution in [1.82, 2.24) is 24.1 Å². The standard InChI is InChI=1S/C29H35FN6O3/c1-16-13-35-14-20(12-24(30)26(35)31-16)32-27(37)22-9-8-21(23-15-34(7)33-25(22)23)19-10-17(2)36(18(3)11-19)28(38)39-29(4,5)6/h8-9,12-15,17-19H,10-11H2,1-7H3,(H,32,37). The fourth-order valence-corrected chi connectivity index (χ4v) is 5.74. The molecule has 206 valence electrons. The molecule has 5 rings (SSSR count). The number of aromatic nitrogens is 4. The summed E-state index contributed by atoms with van der Waals surface area (Å²) in [5, 5.41) is 8.32. The third-order valence-corrected chi connectivity index (χ3v) is 7.20. The number of likely N-dealkylation sites (tertiary alicyclic amines) is 1. The van der Waals surface area contributed by atoms with Gasteiger partial charge in [-0.25, -0.2) is 14.2 Å². The van der Waals surface area contributed by atoms with E-state index in [1.165, 1.54) is 6.07 Å². The number of fused-ring (bicyclic) bond motifs is 2. The molecule has 1 N–H and O–H groups in total. The molecule has 9 nitrogen and oxygen atoms in total. The number of carbonyl (C=O) groups excluding carboxylic acids is 2. The zero-order chi connectivity index (χ0) is 28.2. The number of benzene rings is 1. The molecule has 1 aliphatic rings. The molecule has 0 radical (unpaired) electrons. The molecule has 1 aromatic carbocycles. The lowest BCUT2D eigenvalue weighted by Crippen LogP contribution is -2.51. The van der Waals surface area contributed by atoms with Crippen molar-refractivity contribution in [2.45, 2.75) is 78.0 Å². The summed E-state index contributed by atoms with van der Waals surface area (Å²) in [5.74, 6) is -0.707. The summed E-state index contributed by atoms with van der Waals surface area (Å²) in [4.78, 5) is 32.2. The first-order valence-corrected chi connectivity index (χ1v) is 13.2. The van der Waals surface area contributed by atoms with E-state index in [0.717, 1.165) is 23.8 Å². The highest BCUT2D eigenvalue weighted by Gasteiger charge is 2.37. The van der Waals surface area contributed by atoms with Crippen LogP contribution in [0, 0.1) is 12.7 Å². The molecule has 0 saturated carbocycles. The third kappa shape index (κ3) is 5.20. The second-order valence-corrected chi connectivity index (χ2v) is 11.7. The lowest BCUT2D eigenvalue weighted by molar-refractivity contribution is -0.00250. The van der Waals surface area contributed by atoms with Crippen LogP contribution in [0.15, 0.2) is 36.8 Å².